The van der Waals surface area contributed by atoms with Crippen molar-refractivity contribution in [2.75, 3.05) is 13.7 Å². The first-order chi connectivity index (χ1) is 16.6. The summed E-state index contributed by atoms with van der Waals surface area (Å²) in [5, 5.41) is 69.9. The minimum absolute atomic E-state index is 0.0764. The molecule has 2 aromatic rings. The fourth-order valence-corrected chi connectivity index (χ4v) is 3.42. The Hall–Kier alpha value is -3.89. The van der Waals surface area contributed by atoms with E-state index >= 15 is 0 Å². The normalized spacial score (nSPS) is 20.2. The van der Waals surface area contributed by atoms with Crippen molar-refractivity contribution in [1.29, 1.82) is 0 Å². The van der Waals surface area contributed by atoms with Crippen molar-refractivity contribution in [3.05, 3.63) is 65.6 Å². The van der Waals surface area contributed by atoms with Crippen LogP contribution >= 0.6 is 0 Å². The summed E-state index contributed by atoms with van der Waals surface area (Å²) in [6, 6.07) is 8.26. The van der Waals surface area contributed by atoms with Gasteiger partial charge >= 0.3 is 0 Å². The molecular weight excluding hydrogens is 460 g/mol. The highest BCUT2D eigenvalue weighted by Crippen LogP contribution is 2.43. The summed E-state index contributed by atoms with van der Waals surface area (Å²) >= 11 is 0. The number of phenolic OH excluding ortho intramolecular Hbond substituents is 5. The maximum Gasteiger partial charge on any atom is 0.200 e. The molecule has 10 heteroatoms. The number of rotatable bonds is 1. The fraction of sp³-hybridized carbons (Fsp3) is 0.320. The van der Waals surface area contributed by atoms with Crippen LogP contribution in [0.1, 0.15) is 36.5 Å². The third-order valence-corrected chi connectivity index (χ3v) is 5.14. The zero-order valence-corrected chi connectivity index (χ0v) is 19.5. The smallest absolute Gasteiger partial charge is 0.200 e. The molecule has 0 spiro atoms. The van der Waals surface area contributed by atoms with Gasteiger partial charge in [0.1, 0.15) is 17.8 Å². The molecule has 0 saturated carbocycles. The summed E-state index contributed by atoms with van der Waals surface area (Å²) in [7, 11) is 1.00. The number of carbonyl (C=O) groups is 1. The van der Waals surface area contributed by atoms with Gasteiger partial charge in [-0.3, -0.25) is 4.79 Å². The van der Waals surface area contributed by atoms with Gasteiger partial charge in [-0.2, -0.15) is 0 Å². The van der Waals surface area contributed by atoms with E-state index in [1.807, 2.05) is 0 Å². The van der Waals surface area contributed by atoms with Crippen LogP contribution in [0.4, 0.5) is 0 Å². The Bertz CT molecular complexity index is 987. The molecule has 4 rings (SSSR count). The average Bonchev–Trinajstić information content (AvgIpc) is 2.94. The van der Waals surface area contributed by atoms with Gasteiger partial charge in [-0.05, 0) is 49.6 Å². The van der Waals surface area contributed by atoms with Crippen LogP contribution in [0.25, 0.3) is 0 Å². The van der Waals surface area contributed by atoms with Gasteiger partial charge in [0.05, 0.1) is 12.7 Å². The summed E-state index contributed by atoms with van der Waals surface area (Å²) in [5.74, 6) is -0.859. The second-order valence-electron chi connectivity index (χ2n) is 7.90. The molecular formula is C25H32O10. The number of hydrogen-bond donors (Lipinski definition) is 8. The Morgan fingerprint density at radius 1 is 0.943 bits per heavy atom. The second-order valence-corrected chi connectivity index (χ2v) is 7.90. The molecule has 0 aromatic heterocycles. The average molecular weight is 493 g/mol. The molecule has 0 amide bonds. The Kier molecular flexibility index (Phi) is 11.4. The van der Waals surface area contributed by atoms with Gasteiger partial charge in [-0.15, -0.1) is 0 Å². The fourth-order valence-electron chi connectivity index (χ4n) is 3.42. The number of phenols is 5. The van der Waals surface area contributed by atoms with Crippen molar-refractivity contribution >= 4 is 6.29 Å². The first kappa shape index (κ1) is 29.1. The Morgan fingerprint density at radius 2 is 1.49 bits per heavy atom. The number of benzene rings is 2. The minimum atomic E-state index is -0.615. The number of para-hydroxylation sites is 2. The van der Waals surface area contributed by atoms with E-state index in [1.165, 1.54) is 18.2 Å². The van der Waals surface area contributed by atoms with E-state index in [0.717, 1.165) is 37.8 Å². The standard InChI is InChI=1S/C11H16O3.C7H6O4.C6H6O2.CH4O/c1-11-3-2-4-14-10(11)6-8(12)5-9(13)7-11;8-3-4-1-5(9)7(11)6(10)2-4;7-5-3-1-2-4-6(5)8;1-2/h5-6,9,12-13H,2-4,7H2,1H3;1-3,9-11H;1-4,7-8H;2H,1H3. The highest BCUT2D eigenvalue weighted by atomic mass is 16.5. The largest absolute Gasteiger partial charge is 0.508 e. The maximum absolute atomic E-state index is 10.1. The van der Waals surface area contributed by atoms with E-state index in [-0.39, 0.29) is 28.2 Å². The number of aliphatic hydroxyl groups excluding tert-OH is 3. The predicted octanol–water partition coefficient (Wildman–Crippen LogP) is 3.22. The van der Waals surface area contributed by atoms with E-state index < -0.39 is 23.4 Å². The van der Waals surface area contributed by atoms with Crippen molar-refractivity contribution in [1.82, 2.24) is 0 Å². The third kappa shape index (κ3) is 8.76. The van der Waals surface area contributed by atoms with Crippen LogP contribution in [-0.2, 0) is 4.74 Å². The van der Waals surface area contributed by atoms with E-state index in [1.54, 1.807) is 18.2 Å². The lowest BCUT2D eigenvalue weighted by atomic mass is 9.77. The summed E-state index contributed by atoms with van der Waals surface area (Å²) in [6.45, 7) is 2.79. The summed E-state index contributed by atoms with van der Waals surface area (Å²) in [6.07, 6.45) is 5.64. The first-order valence-corrected chi connectivity index (χ1v) is 10.6. The molecule has 1 aliphatic heterocycles. The number of ether oxygens (including phenoxy) is 1. The lowest BCUT2D eigenvalue weighted by molar-refractivity contribution is 0.0471. The van der Waals surface area contributed by atoms with Crippen LogP contribution in [0.3, 0.4) is 0 Å². The molecule has 2 aliphatic rings. The molecule has 2 unspecified atom stereocenters. The van der Waals surface area contributed by atoms with E-state index in [4.69, 9.17) is 35.4 Å². The first-order valence-electron chi connectivity index (χ1n) is 10.6. The van der Waals surface area contributed by atoms with Gasteiger partial charge in [0, 0.05) is 24.2 Å². The summed E-state index contributed by atoms with van der Waals surface area (Å²) in [4.78, 5) is 10.1. The molecule has 8 N–H and O–H groups in total. The van der Waals surface area contributed by atoms with Crippen LogP contribution in [0, 0.1) is 5.41 Å². The van der Waals surface area contributed by atoms with Crippen LogP contribution in [0.15, 0.2) is 60.1 Å². The quantitative estimate of drug-likeness (QED) is 0.217. The molecule has 1 saturated heterocycles. The maximum atomic E-state index is 10.1. The van der Waals surface area contributed by atoms with Crippen LogP contribution in [0.2, 0.25) is 0 Å². The highest BCUT2D eigenvalue weighted by molar-refractivity contribution is 5.78. The summed E-state index contributed by atoms with van der Waals surface area (Å²) in [5.41, 5.74) is -0.00338. The highest BCUT2D eigenvalue weighted by Gasteiger charge is 2.36. The van der Waals surface area contributed by atoms with E-state index in [0.29, 0.717) is 19.3 Å². The number of allylic oxidation sites excluding steroid dienone is 2. The third-order valence-electron chi connectivity index (χ3n) is 5.14. The summed E-state index contributed by atoms with van der Waals surface area (Å²) < 4.78 is 5.53. The monoisotopic (exact) mass is 492 g/mol. The number of aldehydes is 1. The molecule has 10 nitrogen and oxygen atoms in total. The van der Waals surface area contributed by atoms with Gasteiger partial charge in [0.2, 0.25) is 0 Å². The zero-order chi connectivity index (χ0) is 26.6. The number of aliphatic hydroxyl groups is 3. The topological polar surface area (TPSA) is 188 Å². The molecule has 0 bridgehead atoms. The SMILES string of the molecule is CC12CCCOC1=CC(O)=CC(O)C2.CO.O=Cc1cc(O)c(O)c(O)c1.Oc1ccccc1O. The van der Waals surface area contributed by atoms with Crippen molar-refractivity contribution < 1.29 is 50.4 Å². The predicted molar refractivity (Wildman–Crippen MR) is 127 cm³/mol. The molecule has 1 heterocycles. The van der Waals surface area contributed by atoms with Crippen molar-refractivity contribution in [3.8, 4) is 28.7 Å². The lowest BCUT2D eigenvalue weighted by Gasteiger charge is -2.36. The second kappa shape index (κ2) is 13.7. The van der Waals surface area contributed by atoms with E-state index in [9.17, 15) is 15.0 Å². The molecule has 35 heavy (non-hydrogen) atoms. The molecule has 2 atom stereocenters. The molecule has 1 aliphatic carbocycles. The number of carbonyl (C=O) groups excluding carboxylic acids is 1. The van der Waals surface area contributed by atoms with Crippen LogP contribution < -0.4 is 0 Å². The van der Waals surface area contributed by atoms with Crippen molar-refractivity contribution in [3.63, 3.8) is 0 Å². The number of fused-ring (bicyclic) bond motifs is 1. The van der Waals surface area contributed by atoms with Crippen LogP contribution in [-0.4, -0.2) is 67.0 Å². The van der Waals surface area contributed by atoms with Gasteiger partial charge in [0.15, 0.2) is 28.7 Å². The van der Waals surface area contributed by atoms with Crippen molar-refractivity contribution in [2.24, 2.45) is 5.41 Å². The van der Waals surface area contributed by atoms with Gasteiger partial charge in [-0.25, -0.2) is 0 Å². The number of aromatic hydroxyl groups is 5. The number of hydrogen-bond acceptors (Lipinski definition) is 10. The van der Waals surface area contributed by atoms with Crippen LogP contribution in [0.5, 0.6) is 28.7 Å². The van der Waals surface area contributed by atoms with Gasteiger partial charge < -0.3 is 45.6 Å². The lowest BCUT2D eigenvalue weighted by Crippen LogP contribution is -2.29. The van der Waals surface area contributed by atoms with E-state index in [2.05, 4.69) is 6.92 Å². The Labute approximate surface area is 202 Å². The molecule has 2 aromatic carbocycles. The molecule has 1 fully saturated rings. The minimum Gasteiger partial charge on any atom is -0.508 e. The van der Waals surface area contributed by atoms with Gasteiger partial charge in [0.25, 0.3) is 0 Å². The Morgan fingerprint density at radius 3 is 1.97 bits per heavy atom. The van der Waals surface area contributed by atoms with Crippen molar-refractivity contribution in [2.45, 2.75) is 32.3 Å². The molecule has 0 radical (unpaired) electrons. The molecule has 192 valence electrons. The van der Waals surface area contributed by atoms with Gasteiger partial charge in [-0.1, -0.05) is 19.1 Å². The Balaban J connectivity index is 0.000000262. The zero-order valence-electron chi connectivity index (χ0n) is 19.5.